The van der Waals surface area contributed by atoms with Crippen molar-refractivity contribution < 1.29 is 19.1 Å². The van der Waals surface area contributed by atoms with Gasteiger partial charge in [0.2, 0.25) is 5.76 Å². The van der Waals surface area contributed by atoms with Crippen molar-refractivity contribution in [1.82, 2.24) is 5.32 Å². The molecule has 0 aliphatic carbocycles. The summed E-state index contributed by atoms with van der Waals surface area (Å²) in [7, 11) is 1.67. The molecule has 0 saturated carbocycles. The maximum Gasteiger partial charge on any atom is 0.371 e. The summed E-state index contributed by atoms with van der Waals surface area (Å²) in [6.45, 7) is 7.20. The maximum atomic E-state index is 10.8. The molecule has 0 bridgehead atoms. The number of furan rings is 1. The molecule has 102 valence electrons. The minimum Gasteiger partial charge on any atom is -0.475 e. The van der Waals surface area contributed by atoms with Gasteiger partial charge in [0.05, 0.1) is 6.61 Å². The van der Waals surface area contributed by atoms with Crippen molar-refractivity contribution in [2.24, 2.45) is 5.92 Å². The van der Waals surface area contributed by atoms with Crippen LogP contribution in [0.2, 0.25) is 0 Å². The Bertz CT molecular complexity index is 398. The van der Waals surface area contributed by atoms with E-state index in [-0.39, 0.29) is 11.8 Å². The van der Waals surface area contributed by atoms with Gasteiger partial charge in [-0.2, -0.15) is 0 Å². The summed E-state index contributed by atoms with van der Waals surface area (Å²) in [6.07, 6.45) is 0. The largest absolute Gasteiger partial charge is 0.475 e. The Hall–Kier alpha value is -1.33. The third-order valence-electron chi connectivity index (χ3n) is 2.94. The fourth-order valence-corrected chi connectivity index (χ4v) is 1.71. The van der Waals surface area contributed by atoms with Crippen molar-refractivity contribution in [3.8, 4) is 0 Å². The van der Waals surface area contributed by atoms with E-state index in [2.05, 4.69) is 19.2 Å². The van der Waals surface area contributed by atoms with Gasteiger partial charge in [0.1, 0.15) is 5.76 Å². The zero-order valence-electron chi connectivity index (χ0n) is 11.3. The molecule has 0 fully saturated rings. The topological polar surface area (TPSA) is 71.7 Å². The lowest BCUT2D eigenvalue weighted by Gasteiger charge is -2.21. The van der Waals surface area contributed by atoms with Crippen LogP contribution in [0.4, 0.5) is 0 Å². The standard InChI is InChI=1S/C13H21NO4/c1-8(2)11(7-17-4)14-6-10-5-12(13(15)16)18-9(10)3/h5,8,11,14H,6-7H2,1-4H3,(H,15,16). The molecule has 1 aromatic heterocycles. The lowest BCUT2D eigenvalue weighted by molar-refractivity contribution is 0.0661. The molecule has 18 heavy (non-hydrogen) atoms. The summed E-state index contributed by atoms with van der Waals surface area (Å²) in [6, 6.07) is 1.80. The second kappa shape index (κ2) is 6.56. The minimum absolute atomic E-state index is 0.0165. The van der Waals surface area contributed by atoms with Crippen LogP contribution in [-0.4, -0.2) is 30.8 Å². The average molecular weight is 255 g/mol. The van der Waals surface area contributed by atoms with E-state index in [4.69, 9.17) is 14.3 Å². The lowest BCUT2D eigenvalue weighted by atomic mass is 10.1. The van der Waals surface area contributed by atoms with Crippen molar-refractivity contribution in [3.63, 3.8) is 0 Å². The molecule has 1 unspecified atom stereocenters. The first-order chi connectivity index (χ1) is 8.45. The molecule has 1 heterocycles. The Morgan fingerprint density at radius 2 is 2.22 bits per heavy atom. The van der Waals surface area contributed by atoms with Crippen LogP contribution >= 0.6 is 0 Å². The molecule has 5 nitrogen and oxygen atoms in total. The average Bonchev–Trinajstić information content (AvgIpc) is 2.66. The number of hydrogen-bond acceptors (Lipinski definition) is 4. The van der Waals surface area contributed by atoms with E-state index in [1.807, 2.05) is 0 Å². The van der Waals surface area contributed by atoms with Gasteiger partial charge in [0.25, 0.3) is 0 Å². The summed E-state index contributed by atoms with van der Waals surface area (Å²) in [5.41, 5.74) is 0.870. The highest BCUT2D eigenvalue weighted by atomic mass is 16.5. The quantitative estimate of drug-likeness (QED) is 0.780. The van der Waals surface area contributed by atoms with E-state index in [1.54, 1.807) is 20.1 Å². The molecule has 0 aliphatic heterocycles. The van der Waals surface area contributed by atoms with Gasteiger partial charge in [0.15, 0.2) is 0 Å². The highest BCUT2D eigenvalue weighted by molar-refractivity contribution is 5.84. The van der Waals surface area contributed by atoms with E-state index in [9.17, 15) is 4.79 Å². The fourth-order valence-electron chi connectivity index (χ4n) is 1.71. The van der Waals surface area contributed by atoms with Gasteiger partial charge in [-0.1, -0.05) is 13.8 Å². The van der Waals surface area contributed by atoms with E-state index < -0.39 is 5.97 Å². The number of carboxylic acid groups (broad SMARTS) is 1. The van der Waals surface area contributed by atoms with Gasteiger partial charge < -0.3 is 19.6 Å². The van der Waals surface area contributed by atoms with Crippen molar-refractivity contribution in [2.45, 2.75) is 33.4 Å². The highest BCUT2D eigenvalue weighted by Gasteiger charge is 2.16. The molecular weight excluding hydrogens is 234 g/mol. The van der Waals surface area contributed by atoms with Crippen LogP contribution in [0.5, 0.6) is 0 Å². The number of nitrogens with one attached hydrogen (secondary N) is 1. The Morgan fingerprint density at radius 1 is 1.56 bits per heavy atom. The zero-order valence-corrected chi connectivity index (χ0v) is 11.3. The molecule has 0 aromatic carbocycles. The first-order valence-electron chi connectivity index (χ1n) is 6.00. The van der Waals surface area contributed by atoms with E-state index in [1.165, 1.54) is 0 Å². The number of ether oxygens (including phenoxy) is 1. The van der Waals surface area contributed by atoms with Gasteiger partial charge in [-0.05, 0) is 18.9 Å². The number of rotatable bonds is 7. The molecular formula is C13H21NO4. The van der Waals surface area contributed by atoms with Gasteiger partial charge in [-0.25, -0.2) is 4.79 Å². The Balaban J connectivity index is 2.64. The van der Waals surface area contributed by atoms with E-state index >= 15 is 0 Å². The summed E-state index contributed by atoms with van der Waals surface area (Å²) >= 11 is 0. The maximum absolute atomic E-state index is 10.8. The summed E-state index contributed by atoms with van der Waals surface area (Å²) in [5, 5.41) is 12.2. The van der Waals surface area contributed by atoms with Crippen LogP contribution < -0.4 is 5.32 Å². The molecule has 0 radical (unpaired) electrons. The monoisotopic (exact) mass is 255 g/mol. The molecule has 1 atom stereocenters. The zero-order chi connectivity index (χ0) is 13.7. The second-order valence-electron chi connectivity index (χ2n) is 4.68. The number of methoxy groups -OCH3 is 1. The molecule has 5 heteroatoms. The lowest BCUT2D eigenvalue weighted by Crippen LogP contribution is -2.37. The van der Waals surface area contributed by atoms with Crippen LogP contribution in [0.25, 0.3) is 0 Å². The Labute approximate surface area is 107 Å². The minimum atomic E-state index is -1.04. The number of carboxylic acids is 1. The predicted molar refractivity (Wildman–Crippen MR) is 67.7 cm³/mol. The smallest absolute Gasteiger partial charge is 0.371 e. The van der Waals surface area contributed by atoms with Crippen molar-refractivity contribution in [2.75, 3.05) is 13.7 Å². The molecule has 0 spiro atoms. The van der Waals surface area contributed by atoms with Crippen LogP contribution in [-0.2, 0) is 11.3 Å². The van der Waals surface area contributed by atoms with Crippen molar-refractivity contribution in [3.05, 3.63) is 23.2 Å². The van der Waals surface area contributed by atoms with Gasteiger partial charge >= 0.3 is 5.97 Å². The Morgan fingerprint density at radius 3 is 2.67 bits per heavy atom. The molecule has 0 aliphatic rings. The molecule has 1 rings (SSSR count). The van der Waals surface area contributed by atoms with Crippen LogP contribution in [0.15, 0.2) is 10.5 Å². The molecule has 0 saturated heterocycles. The second-order valence-corrected chi connectivity index (χ2v) is 4.68. The number of carbonyl (C=O) groups is 1. The normalized spacial score (nSPS) is 12.9. The molecule has 0 amide bonds. The van der Waals surface area contributed by atoms with E-state index in [0.717, 1.165) is 5.56 Å². The van der Waals surface area contributed by atoms with Crippen LogP contribution in [0.1, 0.15) is 35.7 Å². The number of aromatic carboxylic acids is 1. The summed E-state index contributed by atoms with van der Waals surface area (Å²) in [5.74, 6) is 0.0229. The molecule has 2 N–H and O–H groups in total. The van der Waals surface area contributed by atoms with Crippen LogP contribution in [0, 0.1) is 12.8 Å². The first-order valence-corrected chi connectivity index (χ1v) is 6.00. The third-order valence-corrected chi connectivity index (χ3v) is 2.94. The predicted octanol–water partition coefficient (Wildman–Crippen LogP) is 2.05. The Kier molecular flexibility index (Phi) is 5.37. The summed E-state index contributed by atoms with van der Waals surface area (Å²) < 4.78 is 10.3. The van der Waals surface area contributed by atoms with Crippen molar-refractivity contribution in [1.29, 1.82) is 0 Å². The fraction of sp³-hybridized carbons (Fsp3) is 0.615. The van der Waals surface area contributed by atoms with Gasteiger partial charge in [-0.3, -0.25) is 0 Å². The molecule has 1 aromatic rings. The van der Waals surface area contributed by atoms with E-state index in [0.29, 0.717) is 24.8 Å². The number of aryl methyl sites for hydroxylation is 1. The highest BCUT2D eigenvalue weighted by Crippen LogP contribution is 2.15. The SMILES string of the molecule is COCC(NCc1cc(C(=O)O)oc1C)C(C)C. The number of hydrogen-bond donors (Lipinski definition) is 2. The van der Waals surface area contributed by atoms with Gasteiger partial charge in [-0.15, -0.1) is 0 Å². The van der Waals surface area contributed by atoms with Crippen LogP contribution in [0.3, 0.4) is 0 Å². The van der Waals surface area contributed by atoms with Crippen molar-refractivity contribution >= 4 is 5.97 Å². The summed E-state index contributed by atoms with van der Waals surface area (Å²) in [4.78, 5) is 10.8. The third kappa shape index (κ3) is 3.85. The van der Waals surface area contributed by atoms with Gasteiger partial charge in [0, 0.05) is 25.3 Å². The first kappa shape index (κ1) is 14.7.